The number of methoxy groups -OCH3 is 1. The van der Waals surface area contributed by atoms with Crippen molar-refractivity contribution < 1.29 is 19.4 Å². The molecule has 0 aliphatic carbocycles. The zero-order valence-corrected chi connectivity index (χ0v) is 14.5. The second-order valence-corrected chi connectivity index (χ2v) is 6.59. The zero-order chi connectivity index (χ0) is 18.0. The lowest BCUT2D eigenvalue weighted by Crippen LogP contribution is -2.31. The van der Waals surface area contributed by atoms with Crippen LogP contribution >= 0.6 is 0 Å². The Hall–Kier alpha value is -2.69. The molecule has 1 unspecified atom stereocenters. The standard InChI is InChI=1S/C20H23NO4/c1-12-7-14(4-6-19(12)24-2)16-10-15(20(23)25-11-16)8-13-3-5-18(22)17(21)9-13/h3-7,9,15-16,22H,8,10-11,21H2,1-2H3/t15?,16-/m1/s1. The van der Waals surface area contributed by atoms with Crippen LogP contribution in [0.15, 0.2) is 36.4 Å². The van der Waals surface area contributed by atoms with Crippen molar-refractivity contribution in [3.63, 3.8) is 0 Å². The van der Waals surface area contributed by atoms with Gasteiger partial charge in [0.05, 0.1) is 25.3 Å². The van der Waals surface area contributed by atoms with Gasteiger partial charge in [0.25, 0.3) is 0 Å². The number of hydrogen-bond donors (Lipinski definition) is 2. The molecule has 1 aliphatic heterocycles. The fourth-order valence-corrected chi connectivity index (χ4v) is 3.38. The molecule has 1 fully saturated rings. The summed E-state index contributed by atoms with van der Waals surface area (Å²) in [6.07, 6.45) is 1.28. The van der Waals surface area contributed by atoms with Crippen LogP contribution in [0.1, 0.15) is 29.0 Å². The molecule has 5 heteroatoms. The summed E-state index contributed by atoms with van der Waals surface area (Å²) >= 11 is 0. The Bertz CT molecular complexity index is 787. The Labute approximate surface area is 147 Å². The normalized spacial score (nSPS) is 20.2. The number of rotatable bonds is 4. The highest BCUT2D eigenvalue weighted by molar-refractivity contribution is 5.74. The van der Waals surface area contributed by atoms with E-state index < -0.39 is 0 Å². The SMILES string of the molecule is COc1ccc([C@H]2COC(=O)C(Cc3ccc(O)c(N)c3)C2)cc1C. The Morgan fingerprint density at radius 3 is 2.76 bits per heavy atom. The molecule has 1 saturated heterocycles. The van der Waals surface area contributed by atoms with Crippen molar-refractivity contribution in [2.75, 3.05) is 19.5 Å². The molecule has 0 bridgehead atoms. The van der Waals surface area contributed by atoms with Gasteiger partial charge in [-0.15, -0.1) is 0 Å². The molecule has 1 aliphatic rings. The van der Waals surface area contributed by atoms with Crippen LogP contribution in [0.3, 0.4) is 0 Å². The maximum absolute atomic E-state index is 12.2. The summed E-state index contributed by atoms with van der Waals surface area (Å²) in [6, 6.07) is 11.1. The first kappa shape index (κ1) is 17.1. The summed E-state index contributed by atoms with van der Waals surface area (Å²) in [4.78, 5) is 12.2. The minimum absolute atomic E-state index is 0.0570. The molecule has 3 N–H and O–H groups in total. The Morgan fingerprint density at radius 1 is 1.28 bits per heavy atom. The number of hydrogen-bond acceptors (Lipinski definition) is 5. The maximum atomic E-state index is 12.2. The molecule has 0 spiro atoms. The van der Waals surface area contributed by atoms with E-state index in [0.717, 1.165) is 28.9 Å². The number of aryl methyl sites for hydroxylation is 1. The second kappa shape index (κ2) is 7.05. The van der Waals surface area contributed by atoms with Crippen molar-refractivity contribution >= 4 is 11.7 Å². The number of benzene rings is 2. The summed E-state index contributed by atoms with van der Waals surface area (Å²) in [7, 11) is 1.66. The van der Waals surface area contributed by atoms with Gasteiger partial charge in [0.2, 0.25) is 0 Å². The van der Waals surface area contributed by atoms with Crippen molar-refractivity contribution in [3.8, 4) is 11.5 Å². The van der Waals surface area contributed by atoms with Gasteiger partial charge >= 0.3 is 5.97 Å². The third-order valence-electron chi connectivity index (χ3n) is 4.79. The number of cyclic esters (lactones) is 1. The lowest BCUT2D eigenvalue weighted by Gasteiger charge is -2.29. The predicted molar refractivity (Wildman–Crippen MR) is 95.8 cm³/mol. The smallest absolute Gasteiger partial charge is 0.309 e. The molecule has 3 rings (SSSR count). The molecule has 2 atom stereocenters. The lowest BCUT2D eigenvalue weighted by atomic mass is 9.83. The van der Waals surface area contributed by atoms with Gasteiger partial charge in [-0.05, 0) is 54.7 Å². The minimum Gasteiger partial charge on any atom is -0.506 e. The van der Waals surface area contributed by atoms with Crippen molar-refractivity contribution in [1.82, 2.24) is 0 Å². The fraction of sp³-hybridized carbons (Fsp3) is 0.350. The molecule has 1 heterocycles. The summed E-state index contributed by atoms with van der Waals surface area (Å²) in [5, 5.41) is 9.53. The van der Waals surface area contributed by atoms with Gasteiger partial charge in [-0.25, -0.2) is 0 Å². The van der Waals surface area contributed by atoms with Crippen LogP contribution in [-0.4, -0.2) is 24.8 Å². The Balaban J connectivity index is 1.76. The van der Waals surface area contributed by atoms with Crippen molar-refractivity contribution in [1.29, 1.82) is 0 Å². The molecule has 2 aromatic rings. The van der Waals surface area contributed by atoms with Gasteiger partial charge in [0, 0.05) is 5.92 Å². The van der Waals surface area contributed by atoms with E-state index in [4.69, 9.17) is 15.2 Å². The first-order valence-corrected chi connectivity index (χ1v) is 8.36. The number of anilines is 1. The molecule has 25 heavy (non-hydrogen) atoms. The Kier molecular flexibility index (Phi) is 4.83. The molecule has 0 aromatic heterocycles. The van der Waals surface area contributed by atoms with Gasteiger partial charge < -0.3 is 20.3 Å². The van der Waals surface area contributed by atoms with Gasteiger partial charge in [-0.1, -0.05) is 18.2 Å². The van der Waals surface area contributed by atoms with Gasteiger partial charge in [-0.2, -0.15) is 0 Å². The van der Waals surface area contributed by atoms with Crippen LogP contribution in [0.25, 0.3) is 0 Å². The van der Waals surface area contributed by atoms with Crippen LogP contribution < -0.4 is 10.5 Å². The van der Waals surface area contributed by atoms with Crippen LogP contribution in [0, 0.1) is 12.8 Å². The van der Waals surface area contributed by atoms with E-state index in [1.807, 2.05) is 19.1 Å². The first-order chi connectivity index (χ1) is 12.0. The number of carbonyl (C=O) groups excluding carboxylic acids is 1. The summed E-state index contributed by atoms with van der Waals surface area (Å²) < 4.78 is 10.7. The van der Waals surface area contributed by atoms with Crippen LogP contribution in [0.4, 0.5) is 5.69 Å². The largest absolute Gasteiger partial charge is 0.506 e. The van der Waals surface area contributed by atoms with Gasteiger partial charge in [0.1, 0.15) is 11.5 Å². The van der Waals surface area contributed by atoms with Crippen LogP contribution in [0.2, 0.25) is 0 Å². The third kappa shape index (κ3) is 3.71. The maximum Gasteiger partial charge on any atom is 0.309 e. The lowest BCUT2D eigenvalue weighted by molar-refractivity contribution is -0.154. The summed E-state index contributed by atoms with van der Waals surface area (Å²) in [6.45, 7) is 2.41. The molecule has 0 saturated carbocycles. The van der Waals surface area contributed by atoms with E-state index in [1.165, 1.54) is 0 Å². The molecular formula is C20H23NO4. The fourth-order valence-electron chi connectivity index (χ4n) is 3.38. The quantitative estimate of drug-likeness (QED) is 0.507. The van der Waals surface area contributed by atoms with E-state index in [0.29, 0.717) is 18.7 Å². The van der Waals surface area contributed by atoms with Gasteiger partial charge in [0.15, 0.2) is 0 Å². The van der Waals surface area contributed by atoms with Crippen molar-refractivity contribution in [2.45, 2.75) is 25.7 Å². The third-order valence-corrected chi connectivity index (χ3v) is 4.79. The van der Waals surface area contributed by atoms with E-state index in [9.17, 15) is 9.90 Å². The number of nitrogen functional groups attached to an aromatic ring is 1. The van der Waals surface area contributed by atoms with Gasteiger partial charge in [-0.3, -0.25) is 4.79 Å². The molecular weight excluding hydrogens is 318 g/mol. The van der Waals surface area contributed by atoms with E-state index in [-0.39, 0.29) is 23.6 Å². The number of carbonyl (C=O) groups is 1. The van der Waals surface area contributed by atoms with Crippen molar-refractivity contribution in [2.24, 2.45) is 5.92 Å². The molecule has 5 nitrogen and oxygen atoms in total. The summed E-state index contributed by atoms with van der Waals surface area (Å²) in [5.74, 6) is 0.689. The van der Waals surface area contributed by atoms with Crippen LogP contribution in [-0.2, 0) is 16.0 Å². The molecule has 132 valence electrons. The average Bonchev–Trinajstić information content (AvgIpc) is 2.60. The minimum atomic E-state index is -0.217. The molecule has 0 radical (unpaired) electrons. The summed E-state index contributed by atoms with van der Waals surface area (Å²) in [5.41, 5.74) is 9.21. The highest BCUT2D eigenvalue weighted by atomic mass is 16.5. The van der Waals surface area contributed by atoms with Crippen LogP contribution in [0.5, 0.6) is 11.5 Å². The second-order valence-electron chi connectivity index (χ2n) is 6.59. The predicted octanol–water partition coefficient (Wildman–Crippen LogP) is 3.18. The first-order valence-electron chi connectivity index (χ1n) is 8.36. The number of phenols is 1. The molecule has 0 amide bonds. The number of nitrogens with two attached hydrogens (primary N) is 1. The van der Waals surface area contributed by atoms with Crippen molar-refractivity contribution in [3.05, 3.63) is 53.1 Å². The highest BCUT2D eigenvalue weighted by Crippen LogP contribution is 2.34. The monoisotopic (exact) mass is 341 g/mol. The number of phenolic OH excluding ortho intramolecular Hbond substituents is 1. The zero-order valence-electron chi connectivity index (χ0n) is 14.5. The van der Waals surface area contributed by atoms with E-state index in [2.05, 4.69) is 6.07 Å². The number of esters is 1. The molecule has 2 aromatic carbocycles. The van der Waals surface area contributed by atoms with E-state index in [1.54, 1.807) is 25.3 Å². The number of ether oxygens (including phenoxy) is 2. The number of aromatic hydroxyl groups is 1. The van der Waals surface area contributed by atoms with E-state index >= 15 is 0 Å². The average molecular weight is 341 g/mol. The Morgan fingerprint density at radius 2 is 2.08 bits per heavy atom. The topological polar surface area (TPSA) is 81.8 Å². The highest BCUT2D eigenvalue weighted by Gasteiger charge is 2.31.